The molecule has 6 nitrogen and oxygen atoms in total. The van der Waals surface area contributed by atoms with E-state index < -0.39 is 0 Å². The number of nitrogens with two attached hydrogens (primary N) is 1. The van der Waals surface area contributed by atoms with Crippen LogP contribution in [-0.4, -0.2) is 28.8 Å². The maximum absolute atomic E-state index is 5.53. The third kappa shape index (κ3) is 2.32. The highest BCUT2D eigenvalue weighted by Crippen LogP contribution is 2.21. The molecule has 0 fully saturated rings. The molecule has 0 bridgehead atoms. The van der Waals surface area contributed by atoms with E-state index in [1.807, 2.05) is 13.0 Å². The Balaban J connectivity index is 2.33. The highest BCUT2D eigenvalue weighted by Gasteiger charge is 2.18. The van der Waals surface area contributed by atoms with E-state index in [9.17, 15) is 0 Å². The fraction of sp³-hybridized carbons (Fsp3) is 0.364. The van der Waals surface area contributed by atoms with E-state index in [1.165, 1.54) is 0 Å². The van der Waals surface area contributed by atoms with E-state index >= 15 is 0 Å². The molecular formula is C11H14N4O2. The molecule has 2 aromatic rings. The highest BCUT2D eigenvalue weighted by atomic mass is 16.5. The van der Waals surface area contributed by atoms with Gasteiger partial charge in [-0.15, -0.1) is 0 Å². The van der Waals surface area contributed by atoms with Crippen molar-refractivity contribution in [1.29, 1.82) is 0 Å². The van der Waals surface area contributed by atoms with Crippen LogP contribution in [0.4, 0.5) is 0 Å². The molecular weight excluding hydrogens is 220 g/mol. The van der Waals surface area contributed by atoms with Crippen molar-refractivity contribution in [3.8, 4) is 11.4 Å². The average molecular weight is 234 g/mol. The molecule has 0 aliphatic heterocycles. The summed E-state index contributed by atoms with van der Waals surface area (Å²) in [5.41, 5.74) is 7.41. The number of rotatable bonds is 4. The third-order valence-electron chi connectivity index (χ3n) is 2.48. The zero-order valence-electron chi connectivity index (χ0n) is 9.75. The van der Waals surface area contributed by atoms with Crippen LogP contribution in [0.15, 0.2) is 23.0 Å². The largest absolute Gasteiger partial charge is 0.370 e. The van der Waals surface area contributed by atoms with Crippen LogP contribution in [0.3, 0.4) is 0 Å². The topological polar surface area (TPSA) is 87.1 Å². The molecule has 90 valence electrons. The maximum Gasteiger partial charge on any atom is 0.257 e. The van der Waals surface area contributed by atoms with Gasteiger partial charge in [-0.1, -0.05) is 5.16 Å². The summed E-state index contributed by atoms with van der Waals surface area (Å²) >= 11 is 0. The Hall–Kier alpha value is -1.79. The standard InChI is InChI=1S/C11H14N4O2/c1-7-6-13-4-3-8(7)10-14-11(17-15-10)9(5-12)16-2/h3-4,6,9H,5,12H2,1-2H3. The molecule has 0 spiro atoms. The van der Waals surface area contributed by atoms with Gasteiger partial charge in [-0.05, 0) is 18.6 Å². The van der Waals surface area contributed by atoms with Gasteiger partial charge in [0.05, 0.1) is 0 Å². The molecule has 2 N–H and O–H groups in total. The zero-order chi connectivity index (χ0) is 12.3. The molecule has 1 atom stereocenters. The number of aromatic nitrogens is 3. The molecule has 0 saturated heterocycles. The minimum Gasteiger partial charge on any atom is -0.370 e. The van der Waals surface area contributed by atoms with Gasteiger partial charge in [0.2, 0.25) is 5.82 Å². The van der Waals surface area contributed by atoms with E-state index in [4.69, 9.17) is 15.0 Å². The Morgan fingerprint density at radius 1 is 1.53 bits per heavy atom. The van der Waals surface area contributed by atoms with Crippen molar-refractivity contribution in [1.82, 2.24) is 15.1 Å². The minimum atomic E-state index is -0.363. The number of pyridine rings is 1. The van der Waals surface area contributed by atoms with E-state index in [1.54, 1.807) is 19.5 Å². The number of hydrogen-bond donors (Lipinski definition) is 1. The second kappa shape index (κ2) is 5.03. The smallest absolute Gasteiger partial charge is 0.257 e. The molecule has 0 aliphatic rings. The Kier molecular flexibility index (Phi) is 3.46. The zero-order valence-corrected chi connectivity index (χ0v) is 9.75. The lowest BCUT2D eigenvalue weighted by atomic mass is 10.1. The van der Waals surface area contributed by atoms with Crippen molar-refractivity contribution >= 4 is 0 Å². The normalized spacial score (nSPS) is 12.6. The number of nitrogens with zero attached hydrogens (tertiary/aromatic N) is 3. The predicted molar refractivity (Wildman–Crippen MR) is 61.1 cm³/mol. The summed E-state index contributed by atoms with van der Waals surface area (Å²) in [7, 11) is 1.55. The van der Waals surface area contributed by atoms with Crippen LogP contribution in [0.25, 0.3) is 11.4 Å². The molecule has 2 rings (SSSR count). The summed E-state index contributed by atoms with van der Waals surface area (Å²) in [6.45, 7) is 2.24. The molecule has 0 saturated carbocycles. The lowest BCUT2D eigenvalue weighted by Gasteiger charge is -2.05. The fourth-order valence-electron chi connectivity index (χ4n) is 1.50. The first-order valence-electron chi connectivity index (χ1n) is 5.23. The predicted octanol–water partition coefficient (Wildman–Crippen LogP) is 1.09. The van der Waals surface area contributed by atoms with Crippen molar-refractivity contribution in [2.75, 3.05) is 13.7 Å². The van der Waals surface area contributed by atoms with Crippen molar-refractivity contribution in [2.24, 2.45) is 5.73 Å². The fourth-order valence-corrected chi connectivity index (χ4v) is 1.50. The van der Waals surface area contributed by atoms with Gasteiger partial charge in [0.15, 0.2) is 0 Å². The summed E-state index contributed by atoms with van der Waals surface area (Å²) in [6, 6.07) is 1.84. The highest BCUT2D eigenvalue weighted by molar-refractivity contribution is 5.57. The van der Waals surface area contributed by atoms with Crippen LogP contribution in [0, 0.1) is 6.92 Å². The Bertz CT molecular complexity index is 494. The summed E-state index contributed by atoms with van der Waals surface area (Å²) in [6.07, 6.45) is 3.08. The molecule has 0 aliphatic carbocycles. The number of methoxy groups -OCH3 is 1. The first-order valence-corrected chi connectivity index (χ1v) is 5.23. The molecule has 0 aromatic carbocycles. The molecule has 2 aromatic heterocycles. The monoisotopic (exact) mass is 234 g/mol. The summed E-state index contributed by atoms with van der Waals surface area (Å²) in [5.74, 6) is 0.914. The summed E-state index contributed by atoms with van der Waals surface area (Å²) in [5, 5.41) is 3.91. The van der Waals surface area contributed by atoms with Crippen LogP contribution in [0.1, 0.15) is 17.6 Å². The van der Waals surface area contributed by atoms with Gasteiger partial charge in [0.25, 0.3) is 5.89 Å². The molecule has 0 radical (unpaired) electrons. The van der Waals surface area contributed by atoms with Crippen molar-refractivity contribution in [2.45, 2.75) is 13.0 Å². The van der Waals surface area contributed by atoms with Gasteiger partial charge >= 0.3 is 0 Å². The van der Waals surface area contributed by atoms with E-state index in [2.05, 4.69) is 15.1 Å². The first kappa shape index (κ1) is 11.7. The van der Waals surface area contributed by atoms with Crippen LogP contribution in [-0.2, 0) is 4.74 Å². The van der Waals surface area contributed by atoms with Crippen LogP contribution >= 0.6 is 0 Å². The Morgan fingerprint density at radius 3 is 3.00 bits per heavy atom. The van der Waals surface area contributed by atoms with Gasteiger partial charge in [0, 0.05) is 31.6 Å². The summed E-state index contributed by atoms with van der Waals surface area (Å²) in [4.78, 5) is 8.29. The van der Waals surface area contributed by atoms with Crippen LogP contribution in [0.2, 0.25) is 0 Å². The molecule has 6 heteroatoms. The minimum absolute atomic E-state index is 0.299. The van der Waals surface area contributed by atoms with E-state index in [0.29, 0.717) is 18.3 Å². The number of ether oxygens (including phenoxy) is 1. The molecule has 0 amide bonds. The average Bonchev–Trinajstić information content (AvgIpc) is 2.81. The molecule has 2 heterocycles. The Morgan fingerprint density at radius 2 is 2.35 bits per heavy atom. The van der Waals surface area contributed by atoms with Gasteiger partial charge < -0.3 is 15.0 Å². The van der Waals surface area contributed by atoms with Gasteiger partial charge in [-0.3, -0.25) is 4.98 Å². The second-order valence-corrected chi connectivity index (χ2v) is 3.61. The van der Waals surface area contributed by atoms with E-state index in [0.717, 1.165) is 11.1 Å². The van der Waals surface area contributed by atoms with Crippen molar-refractivity contribution < 1.29 is 9.26 Å². The van der Waals surface area contributed by atoms with Crippen molar-refractivity contribution in [3.63, 3.8) is 0 Å². The quantitative estimate of drug-likeness (QED) is 0.851. The van der Waals surface area contributed by atoms with Crippen LogP contribution < -0.4 is 5.73 Å². The SMILES string of the molecule is COC(CN)c1nc(-c2ccncc2C)no1. The molecule has 17 heavy (non-hydrogen) atoms. The lowest BCUT2D eigenvalue weighted by molar-refractivity contribution is 0.0804. The van der Waals surface area contributed by atoms with Gasteiger partial charge in [0.1, 0.15) is 6.10 Å². The van der Waals surface area contributed by atoms with Crippen LogP contribution in [0.5, 0.6) is 0 Å². The lowest BCUT2D eigenvalue weighted by Crippen LogP contribution is -2.14. The third-order valence-corrected chi connectivity index (χ3v) is 2.48. The second-order valence-electron chi connectivity index (χ2n) is 3.61. The molecule has 1 unspecified atom stereocenters. The van der Waals surface area contributed by atoms with Crippen molar-refractivity contribution in [3.05, 3.63) is 29.9 Å². The maximum atomic E-state index is 5.53. The summed E-state index contributed by atoms with van der Waals surface area (Å²) < 4.78 is 10.3. The number of aryl methyl sites for hydroxylation is 1. The number of hydrogen-bond acceptors (Lipinski definition) is 6. The van der Waals surface area contributed by atoms with Gasteiger partial charge in [-0.2, -0.15) is 4.98 Å². The van der Waals surface area contributed by atoms with E-state index in [-0.39, 0.29) is 6.10 Å². The van der Waals surface area contributed by atoms with Gasteiger partial charge in [-0.25, -0.2) is 0 Å². The Labute approximate surface area is 98.8 Å². The first-order chi connectivity index (χ1) is 8.26.